The van der Waals surface area contributed by atoms with Gasteiger partial charge in [0.15, 0.2) is 17.9 Å². The van der Waals surface area contributed by atoms with Crippen molar-refractivity contribution >= 4 is 35.3 Å². The maximum absolute atomic E-state index is 17.8. The fourth-order valence-corrected chi connectivity index (χ4v) is 9.34. The predicted octanol–water partition coefficient (Wildman–Crippen LogP) is 5.51. The highest BCUT2D eigenvalue weighted by atomic mass is 35.5. The van der Waals surface area contributed by atoms with Crippen LogP contribution in [-0.2, 0) is 24.0 Å². The largest absolute Gasteiger partial charge is 0.457 e. The monoisotopic (exact) mass is 662 g/mol. The number of anilines is 1. The SMILES string of the molecule is C/C=C\C1(C)/C(=C\C=O)[C@@H](F)CC2C3CC[C@](ON(C)c4ccc(Cl)cc4)(C(=O)COC(=O)C4CCNCC4)C3(C)CC(O)[C@@]21F. The van der Waals surface area contributed by atoms with Crippen molar-refractivity contribution in [3.05, 3.63) is 53.1 Å². The molecule has 4 fully saturated rings. The first kappa shape index (κ1) is 34.7. The molecule has 1 aromatic rings. The number of hydrogen-bond donors (Lipinski definition) is 2. The average molecular weight is 663 g/mol. The number of nitrogens with zero attached hydrogens (tertiary/aromatic N) is 1. The molecule has 8 atom stereocenters. The second-order valence-electron chi connectivity index (χ2n) is 13.8. The number of ether oxygens (including phenoxy) is 1. The normalized spacial score (nSPS) is 38.7. The molecule has 0 bridgehead atoms. The lowest BCUT2D eigenvalue weighted by Crippen LogP contribution is -2.70. The summed E-state index contributed by atoms with van der Waals surface area (Å²) < 4.78 is 39.5. The third-order valence-electron chi connectivity index (χ3n) is 11.6. The van der Waals surface area contributed by atoms with Crippen molar-refractivity contribution < 1.29 is 37.8 Å². The van der Waals surface area contributed by atoms with Crippen LogP contribution in [0.2, 0.25) is 5.02 Å². The Morgan fingerprint density at radius 1 is 1.15 bits per heavy atom. The number of halogens is 3. The molecule has 0 radical (unpaired) electrons. The molecule has 0 amide bonds. The number of hydrogen-bond acceptors (Lipinski definition) is 8. The summed E-state index contributed by atoms with van der Waals surface area (Å²) >= 11 is 6.11. The highest BCUT2D eigenvalue weighted by Gasteiger charge is 2.76. The number of carbonyl (C=O) groups is 3. The first-order valence-corrected chi connectivity index (χ1v) is 16.6. The smallest absolute Gasteiger partial charge is 0.309 e. The second-order valence-corrected chi connectivity index (χ2v) is 14.2. The van der Waals surface area contributed by atoms with Crippen LogP contribution in [0.5, 0.6) is 0 Å². The Kier molecular flexibility index (Phi) is 9.87. The Hall–Kier alpha value is -2.66. The van der Waals surface area contributed by atoms with Gasteiger partial charge in [-0.3, -0.25) is 24.3 Å². The topological polar surface area (TPSA) is 105 Å². The number of fused-ring (bicyclic) bond motifs is 3. The highest BCUT2D eigenvalue weighted by Crippen LogP contribution is 2.70. The molecular weight excluding hydrogens is 618 g/mol. The molecule has 5 rings (SSSR count). The number of nitrogens with one attached hydrogen (secondary N) is 1. The van der Waals surface area contributed by atoms with Crippen LogP contribution in [0.1, 0.15) is 59.3 Å². The van der Waals surface area contributed by atoms with E-state index in [1.165, 1.54) is 18.1 Å². The van der Waals surface area contributed by atoms with Crippen molar-refractivity contribution in [2.45, 2.75) is 82.8 Å². The van der Waals surface area contributed by atoms with E-state index in [0.29, 0.717) is 49.3 Å². The molecule has 0 aromatic heterocycles. The summed E-state index contributed by atoms with van der Waals surface area (Å²) in [7, 11) is 1.65. The minimum atomic E-state index is -2.33. The number of aliphatic hydroxyl groups excluding tert-OH is 1. The zero-order valence-corrected chi connectivity index (χ0v) is 27.7. The van der Waals surface area contributed by atoms with E-state index < -0.39 is 64.6 Å². The second kappa shape index (κ2) is 13.1. The lowest BCUT2D eigenvalue weighted by atomic mass is 9.44. The zero-order chi connectivity index (χ0) is 33.5. The summed E-state index contributed by atoms with van der Waals surface area (Å²) in [5.74, 6) is -2.85. The van der Waals surface area contributed by atoms with E-state index in [0.717, 1.165) is 6.08 Å². The van der Waals surface area contributed by atoms with Crippen LogP contribution < -0.4 is 10.4 Å². The molecule has 1 aliphatic heterocycles. The van der Waals surface area contributed by atoms with Gasteiger partial charge in [-0.1, -0.05) is 30.7 Å². The first-order valence-electron chi connectivity index (χ1n) is 16.2. The summed E-state index contributed by atoms with van der Waals surface area (Å²) in [4.78, 5) is 45.6. The van der Waals surface area contributed by atoms with Gasteiger partial charge in [0.2, 0.25) is 5.78 Å². The standard InChI is InChI=1S/C35H45ClF2N2O6/c1-5-14-32(2)26(13-18-41)28(37)19-27-25-10-15-34(33(25,3)20-29(42)35(27,32)38,46-40(4)24-8-6-23(36)7-9-24)30(43)21-45-31(44)22-11-16-39-17-12-22/h5-9,13-14,18,22,25,27-29,39,42H,10-12,15-17,19-21H2,1-4H3/b14-5-,26-13-/t25?,27?,28-,29?,32?,33?,34-,35-/m0/s1. The number of carbonyl (C=O) groups excluding carboxylic acids is 3. The summed E-state index contributed by atoms with van der Waals surface area (Å²) in [6.07, 6.45) is 2.64. The summed E-state index contributed by atoms with van der Waals surface area (Å²) in [6, 6.07) is 6.83. The van der Waals surface area contributed by atoms with Crippen molar-refractivity contribution in [1.82, 2.24) is 5.32 Å². The Balaban J connectivity index is 1.54. The van der Waals surface area contributed by atoms with Gasteiger partial charge < -0.3 is 15.2 Å². The van der Waals surface area contributed by atoms with Crippen LogP contribution >= 0.6 is 11.6 Å². The van der Waals surface area contributed by atoms with Gasteiger partial charge in [0.05, 0.1) is 17.7 Å². The maximum atomic E-state index is 17.8. The Bertz CT molecular complexity index is 1390. The van der Waals surface area contributed by atoms with Gasteiger partial charge in [-0.05, 0) is 107 Å². The third-order valence-corrected chi connectivity index (χ3v) is 11.8. The molecule has 3 aliphatic carbocycles. The molecule has 0 spiro atoms. The first-order chi connectivity index (χ1) is 21.8. The molecule has 11 heteroatoms. The van der Waals surface area contributed by atoms with Crippen molar-refractivity contribution in [3.63, 3.8) is 0 Å². The fraction of sp³-hybridized carbons (Fsp3) is 0.629. The fourth-order valence-electron chi connectivity index (χ4n) is 9.21. The molecular formula is C35H45ClF2N2O6. The van der Waals surface area contributed by atoms with E-state index in [9.17, 15) is 19.5 Å². The zero-order valence-electron chi connectivity index (χ0n) is 26.9. The quantitative estimate of drug-likeness (QED) is 0.117. The number of aldehydes is 1. The predicted molar refractivity (Wildman–Crippen MR) is 171 cm³/mol. The van der Waals surface area contributed by atoms with E-state index in [2.05, 4.69) is 5.32 Å². The molecule has 1 aromatic carbocycles. The van der Waals surface area contributed by atoms with Gasteiger partial charge in [0, 0.05) is 28.8 Å². The number of Topliss-reactive ketones (excluding diaryl/α,β-unsaturated/α-hetero) is 1. The van der Waals surface area contributed by atoms with E-state index in [1.54, 1.807) is 51.2 Å². The van der Waals surface area contributed by atoms with Gasteiger partial charge in [-0.2, -0.15) is 0 Å². The number of benzene rings is 1. The highest BCUT2D eigenvalue weighted by molar-refractivity contribution is 6.30. The number of aliphatic hydroxyl groups is 1. The molecule has 8 nitrogen and oxygen atoms in total. The number of piperidine rings is 1. The molecule has 1 saturated heterocycles. The summed E-state index contributed by atoms with van der Waals surface area (Å²) in [5.41, 5.74) is -6.16. The van der Waals surface area contributed by atoms with Crippen LogP contribution in [0, 0.1) is 28.6 Å². The third kappa shape index (κ3) is 5.43. The molecule has 252 valence electrons. The van der Waals surface area contributed by atoms with Crippen LogP contribution in [0.25, 0.3) is 0 Å². The maximum Gasteiger partial charge on any atom is 0.309 e. The number of ketones is 1. The molecule has 5 unspecified atom stereocenters. The summed E-state index contributed by atoms with van der Waals surface area (Å²) in [5, 5.41) is 17.0. The van der Waals surface area contributed by atoms with Gasteiger partial charge in [0.1, 0.15) is 12.5 Å². The van der Waals surface area contributed by atoms with E-state index in [1.807, 2.05) is 0 Å². The Labute approximate surface area is 274 Å². The minimum Gasteiger partial charge on any atom is -0.457 e. The van der Waals surface area contributed by atoms with Crippen molar-refractivity contribution in [1.29, 1.82) is 0 Å². The number of allylic oxidation sites excluding steroid dienone is 4. The molecule has 2 N–H and O–H groups in total. The molecule has 1 heterocycles. The number of esters is 1. The van der Waals surface area contributed by atoms with E-state index >= 15 is 8.78 Å². The van der Waals surface area contributed by atoms with Crippen LogP contribution in [0.3, 0.4) is 0 Å². The van der Waals surface area contributed by atoms with Gasteiger partial charge in [-0.15, -0.1) is 0 Å². The number of hydroxylamine groups is 1. The van der Waals surface area contributed by atoms with Crippen LogP contribution in [-0.4, -0.2) is 73.4 Å². The minimum absolute atomic E-state index is 0.00844. The van der Waals surface area contributed by atoms with Gasteiger partial charge in [-0.25, -0.2) is 8.78 Å². The van der Waals surface area contributed by atoms with Crippen molar-refractivity contribution in [2.75, 3.05) is 31.8 Å². The lowest BCUT2D eigenvalue weighted by Gasteiger charge is -2.63. The molecule has 3 saturated carbocycles. The summed E-state index contributed by atoms with van der Waals surface area (Å²) in [6.45, 7) is 5.84. The average Bonchev–Trinajstić information content (AvgIpc) is 3.32. The molecule has 46 heavy (non-hydrogen) atoms. The molecule has 4 aliphatic rings. The number of rotatable bonds is 9. The van der Waals surface area contributed by atoms with Gasteiger partial charge >= 0.3 is 5.97 Å². The van der Waals surface area contributed by atoms with Crippen LogP contribution in [0.4, 0.5) is 14.5 Å². The lowest BCUT2D eigenvalue weighted by molar-refractivity contribution is -0.231. The van der Waals surface area contributed by atoms with Gasteiger partial charge in [0.25, 0.3) is 0 Å². The Morgan fingerprint density at radius 2 is 1.83 bits per heavy atom. The van der Waals surface area contributed by atoms with Crippen LogP contribution in [0.15, 0.2) is 48.1 Å². The number of alkyl halides is 2. The van der Waals surface area contributed by atoms with E-state index in [-0.39, 0.29) is 30.8 Å². The Morgan fingerprint density at radius 3 is 2.46 bits per heavy atom. The van der Waals surface area contributed by atoms with Crippen molar-refractivity contribution in [2.24, 2.45) is 28.6 Å². The van der Waals surface area contributed by atoms with E-state index in [4.69, 9.17) is 21.2 Å². The van der Waals surface area contributed by atoms with Crippen molar-refractivity contribution in [3.8, 4) is 0 Å².